The molecule has 1 aliphatic rings. The fourth-order valence-electron chi connectivity index (χ4n) is 2.45. The largest absolute Gasteiger partial charge is 0.326 e. The van der Waals surface area contributed by atoms with Crippen molar-refractivity contribution in [2.45, 2.75) is 44.2 Å². The lowest BCUT2D eigenvalue weighted by Gasteiger charge is -2.39. The van der Waals surface area contributed by atoms with Gasteiger partial charge in [-0.1, -0.05) is 42.7 Å². The van der Waals surface area contributed by atoms with Gasteiger partial charge in [-0.05, 0) is 25.3 Å². The first-order valence-electron chi connectivity index (χ1n) is 5.74. The zero-order valence-corrected chi connectivity index (χ0v) is 9.37. The monoisotopic (exact) mass is 204 g/mol. The lowest BCUT2D eigenvalue weighted by atomic mass is 9.74. The van der Waals surface area contributed by atoms with Crippen LogP contribution in [0.15, 0.2) is 24.3 Å². The highest BCUT2D eigenvalue weighted by molar-refractivity contribution is 5.29. The highest BCUT2D eigenvalue weighted by Gasteiger charge is 2.36. The van der Waals surface area contributed by atoms with E-state index in [1.807, 2.05) is 0 Å². The number of aryl methyl sites for hydroxylation is 1. The summed E-state index contributed by atoms with van der Waals surface area (Å²) in [4.78, 5) is 0. The molecule has 0 heterocycles. The summed E-state index contributed by atoms with van der Waals surface area (Å²) >= 11 is 0. The highest BCUT2D eigenvalue weighted by atomic mass is 14.9. The Labute approximate surface area is 91.7 Å². The number of benzene rings is 1. The van der Waals surface area contributed by atoms with E-state index in [0.29, 0.717) is 0 Å². The Balaban J connectivity index is 2.30. The Morgan fingerprint density at radius 3 is 2.47 bits per heavy atom. The van der Waals surface area contributed by atoms with Crippen molar-refractivity contribution in [3.8, 4) is 0 Å². The van der Waals surface area contributed by atoms with Crippen LogP contribution in [0.3, 0.4) is 0 Å². The smallest absolute Gasteiger partial charge is 0.0562 e. The van der Waals surface area contributed by atoms with Gasteiger partial charge in [0.05, 0.1) is 5.54 Å². The fourth-order valence-corrected chi connectivity index (χ4v) is 2.45. The maximum atomic E-state index is 6.45. The van der Waals surface area contributed by atoms with Gasteiger partial charge in [0, 0.05) is 6.04 Å². The van der Waals surface area contributed by atoms with Crippen LogP contribution in [0.1, 0.15) is 36.8 Å². The molecule has 2 rings (SSSR count). The summed E-state index contributed by atoms with van der Waals surface area (Å²) in [7, 11) is 0. The number of nitrogens with two attached hydrogens (primary N) is 2. The van der Waals surface area contributed by atoms with Gasteiger partial charge in [-0.2, -0.15) is 0 Å². The molecule has 2 heteroatoms. The van der Waals surface area contributed by atoms with Crippen LogP contribution in [0.5, 0.6) is 0 Å². The van der Waals surface area contributed by atoms with E-state index in [2.05, 4.69) is 31.2 Å². The van der Waals surface area contributed by atoms with E-state index in [-0.39, 0.29) is 11.6 Å². The lowest BCUT2D eigenvalue weighted by molar-refractivity contribution is 0.256. The van der Waals surface area contributed by atoms with Gasteiger partial charge in [-0.3, -0.25) is 0 Å². The quantitative estimate of drug-likeness (QED) is 0.735. The van der Waals surface area contributed by atoms with Crippen LogP contribution in [0, 0.1) is 6.92 Å². The fraction of sp³-hybridized carbons (Fsp3) is 0.538. The highest BCUT2D eigenvalue weighted by Crippen LogP contribution is 2.33. The van der Waals surface area contributed by atoms with Crippen LogP contribution < -0.4 is 11.5 Å². The summed E-state index contributed by atoms with van der Waals surface area (Å²) in [5, 5.41) is 0. The van der Waals surface area contributed by atoms with Crippen molar-refractivity contribution < 1.29 is 0 Å². The minimum absolute atomic E-state index is 0.106. The van der Waals surface area contributed by atoms with E-state index in [1.54, 1.807) is 0 Å². The van der Waals surface area contributed by atoms with Crippen molar-refractivity contribution in [3.63, 3.8) is 0 Å². The zero-order chi connectivity index (χ0) is 10.9. The summed E-state index contributed by atoms with van der Waals surface area (Å²) in [6.45, 7) is 2.09. The molecule has 0 amide bonds. The molecule has 1 saturated carbocycles. The molecule has 1 fully saturated rings. The molecule has 0 aliphatic heterocycles. The molecule has 1 aromatic carbocycles. The zero-order valence-electron chi connectivity index (χ0n) is 9.37. The van der Waals surface area contributed by atoms with Crippen LogP contribution in [0.4, 0.5) is 0 Å². The minimum atomic E-state index is -0.300. The van der Waals surface area contributed by atoms with Gasteiger partial charge in [-0.25, -0.2) is 0 Å². The Morgan fingerprint density at radius 1 is 1.20 bits per heavy atom. The average Bonchev–Trinajstić information content (AvgIpc) is 2.23. The molecule has 4 N–H and O–H groups in total. The van der Waals surface area contributed by atoms with Crippen molar-refractivity contribution in [3.05, 3.63) is 35.4 Å². The van der Waals surface area contributed by atoms with Gasteiger partial charge in [-0.15, -0.1) is 0 Å². The number of hydrogen-bond acceptors (Lipinski definition) is 2. The molecule has 2 unspecified atom stereocenters. The predicted octanol–water partition coefficient (Wildman–Crippen LogP) is 2.05. The van der Waals surface area contributed by atoms with E-state index in [1.165, 1.54) is 24.0 Å². The molecule has 15 heavy (non-hydrogen) atoms. The average molecular weight is 204 g/mol. The molecular weight excluding hydrogens is 184 g/mol. The second-order valence-electron chi connectivity index (χ2n) is 4.76. The van der Waals surface area contributed by atoms with Gasteiger partial charge in [0.1, 0.15) is 0 Å². The van der Waals surface area contributed by atoms with Crippen molar-refractivity contribution in [2.75, 3.05) is 0 Å². The molecule has 0 aromatic heterocycles. The topological polar surface area (TPSA) is 52.0 Å². The van der Waals surface area contributed by atoms with Gasteiger partial charge >= 0.3 is 0 Å². The van der Waals surface area contributed by atoms with Gasteiger partial charge in [0.2, 0.25) is 0 Å². The minimum Gasteiger partial charge on any atom is -0.326 e. The molecule has 1 aliphatic carbocycles. The summed E-state index contributed by atoms with van der Waals surface area (Å²) in [6.07, 6.45) is 4.46. The van der Waals surface area contributed by atoms with Crippen LogP contribution in [-0.4, -0.2) is 6.04 Å². The van der Waals surface area contributed by atoms with Gasteiger partial charge < -0.3 is 11.5 Å². The second kappa shape index (κ2) is 3.95. The Hall–Kier alpha value is -0.860. The molecule has 2 atom stereocenters. The molecule has 0 spiro atoms. The maximum absolute atomic E-state index is 6.45. The Morgan fingerprint density at radius 2 is 1.87 bits per heavy atom. The van der Waals surface area contributed by atoms with Crippen LogP contribution in [-0.2, 0) is 5.54 Å². The van der Waals surface area contributed by atoms with Crippen LogP contribution in [0.2, 0.25) is 0 Å². The molecule has 1 aromatic rings. The lowest BCUT2D eigenvalue weighted by Crippen LogP contribution is -2.54. The van der Waals surface area contributed by atoms with Crippen molar-refractivity contribution in [1.29, 1.82) is 0 Å². The van der Waals surface area contributed by atoms with Gasteiger partial charge in [0.25, 0.3) is 0 Å². The van der Waals surface area contributed by atoms with Crippen molar-refractivity contribution in [2.24, 2.45) is 11.5 Å². The first kappa shape index (κ1) is 10.7. The summed E-state index contributed by atoms with van der Waals surface area (Å²) < 4.78 is 0. The third-order valence-electron chi connectivity index (χ3n) is 3.61. The number of rotatable bonds is 1. The van der Waals surface area contributed by atoms with Crippen molar-refractivity contribution >= 4 is 0 Å². The Kier molecular flexibility index (Phi) is 2.81. The molecule has 0 radical (unpaired) electrons. The summed E-state index contributed by atoms with van der Waals surface area (Å²) in [5.41, 5.74) is 14.8. The summed E-state index contributed by atoms with van der Waals surface area (Å²) in [5.74, 6) is 0. The van der Waals surface area contributed by atoms with E-state index < -0.39 is 0 Å². The molecule has 2 nitrogen and oxygen atoms in total. The normalized spacial score (nSPS) is 31.5. The Bertz CT molecular complexity index is 331. The summed E-state index contributed by atoms with van der Waals surface area (Å²) in [6, 6.07) is 8.59. The first-order chi connectivity index (χ1) is 7.13. The van der Waals surface area contributed by atoms with E-state index in [0.717, 1.165) is 12.8 Å². The third-order valence-corrected chi connectivity index (χ3v) is 3.61. The second-order valence-corrected chi connectivity index (χ2v) is 4.76. The molecule has 0 saturated heterocycles. The maximum Gasteiger partial charge on any atom is 0.0562 e. The van der Waals surface area contributed by atoms with E-state index in [4.69, 9.17) is 11.5 Å². The predicted molar refractivity (Wildman–Crippen MR) is 63.5 cm³/mol. The van der Waals surface area contributed by atoms with Crippen LogP contribution >= 0.6 is 0 Å². The van der Waals surface area contributed by atoms with E-state index in [9.17, 15) is 0 Å². The van der Waals surface area contributed by atoms with Gasteiger partial charge in [0.15, 0.2) is 0 Å². The van der Waals surface area contributed by atoms with Crippen LogP contribution in [0.25, 0.3) is 0 Å². The number of hydrogen-bond donors (Lipinski definition) is 2. The third kappa shape index (κ3) is 1.92. The molecule has 82 valence electrons. The molecule has 0 bridgehead atoms. The first-order valence-corrected chi connectivity index (χ1v) is 5.74. The van der Waals surface area contributed by atoms with E-state index >= 15 is 0 Å². The SMILES string of the molecule is Cc1ccc(C2(N)CCCCC2N)cc1. The van der Waals surface area contributed by atoms with Crippen molar-refractivity contribution in [1.82, 2.24) is 0 Å². The molecular formula is C13H20N2. The standard InChI is InChI=1S/C13H20N2/c1-10-5-7-11(8-6-10)13(15)9-3-2-4-12(13)14/h5-8,12H,2-4,9,14-15H2,1H3.